The van der Waals surface area contributed by atoms with Crippen LogP contribution in [0.4, 0.5) is 23.7 Å². The molecule has 0 saturated heterocycles. The molecule has 25 heavy (non-hydrogen) atoms. The maximum atomic E-state index is 12.4. The zero-order chi connectivity index (χ0) is 19.3. The van der Waals surface area contributed by atoms with Crippen LogP contribution in [0.5, 0.6) is 5.75 Å². The Morgan fingerprint density at radius 3 is 2.32 bits per heavy atom. The minimum Gasteiger partial charge on any atom is -0.490 e. The number of alkyl carbamates (subject to hydrolysis) is 1. The summed E-state index contributed by atoms with van der Waals surface area (Å²) in [6, 6.07) is 5.23. The van der Waals surface area contributed by atoms with Crippen LogP contribution in [0.1, 0.15) is 20.8 Å². The van der Waals surface area contributed by atoms with Crippen molar-refractivity contribution in [3.05, 3.63) is 24.3 Å². The van der Waals surface area contributed by atoms with Gasteiger partial charge in [0.15, 0.2) is 0 Å². The monoisotopic (exact) mass is 384 g/mol. The summed E-state index contributed by atoms with van der Waals surface area (Å²) in [5.74, 6) is -0.110. The quantitative estimate of drug-likeness (QED) is 0.736. The van der Waals surface area contributed by atoms with Gasteiger partial charge >= 0.3 is 21.6 Å². The van der Waals surface area contributed by atoms with Crippen LogP contribution in [-0.4, -0.2) is 38.8 Å². The number of amides is 1. The maximum absolute atomic E-state index is 12.4. The SMILES string of the molecule is CC(C)(C)OC(=O)NCCOc1ccccc1NS(=O)(=O)C(F)(F)F. The van der Waals surface area contributed by atoms with E-state index < -0.39 is 27.2 Å². The van der Waals surface area contributed by atoms with Crippen LogP contribution in [-0.2, 0) is 14.8 Å². The molecule has 11 heteroatoms. The zero-order valence-corrected chi connectivity index (χ0v) is 14.6. The fraction of sp³-hybridized carbons (Fsp3) is 0.500. The van der Waals surface area contributed by atoms with Crippen LogP contribution in [0.25, 0.3) is 0 Å². The highest BCUT2D eigenvalue weighted by atomic mass is 32.2. The second kappa shape index (κ2) is 7.81. The van der Waals surface area contributed by atoms with Crippen LogP contribution >= 0.6 is 0 Å². The first-order valence-electron chi connectivity index (χ1n) is 7.09. The number of hydrogen-bond donors (Lipinski definition) is 2. The Balaban J connectivity index is 2.63. The third-order valence-corrected chi connectivity index (χ3v) is 3.56. The fourth-order valence-corrected chi connectivity index (χ4v) is 2.08. The lowest BCUT2D eigenvalue weighted by atomic mass is 10.2. The number of benzene rings is 1. The number of ether oxygens (including phenoxy) is 2. The molecule has 0 fully saturated rings. The number of carbonyl (C=O) groups is 1. The van der Waals surface area contributed by atoms with Crippen LogP contribution in [0, 0.1) is 0 Å². The van der Waals surface area contributed by atoms with E-state index in [2.05, 4.69) is 5.32 Å². The Morgan fingerprint density at radius 1 is 1.16 bits per heavy atom. The molecule has 0 atom stereocenters. The van der Waals surface area contributed by atoms with E-state index in [4.69, 9.17) is 9.47 Å². The van der Waals surface area contributed by atoms with E-state index in [0.717, 1.165) is 6.07 Å². The summed E-state index contributed by atoms with van der Waals surface area (Å²) >= 11 is 0. The average Bonchev–Trinajstić information content (AvgIpc) is 2.41. The zero-order valence-electron chi connectivity index (χ0n) is 13.8. The second-order valence-corrected chi connectivity index (χ2v) is 7.50. The molecule has 0 unspecified atom stereocenters. The van der Waals surface area contributed by atoms with Crippen molar-refractivity contribution < 1.29 is 35.9 Å². The van der Waals surface area contributed by atoms with E-state index in [1.807, 2.05) is 0 Å². The highest BCUT2D eigenvalue weighted by molar-refractivity contribution is 7.93. The highest BCUT2D eigenvalue weighted by Crippen LogP contribution is 2.30. The molecule has 0 saturated carbocycles. The van der Waals surface area contributed by atoms with Crippen molar-refractivity contribution in [1.82, 2.24) is 5.32 Å². The minimum absolute atomic E-state index is 0.00919. The molecule has 0 spiro atoms. The van der Waals surface area contributed by atoms with Crippen molar-refractivity contribution in [1.29, 1.82) is 0 Å². The molecule has 1 amide bonds. The molecular formula is C14H19F3N2O5S. The number of hydrogen-bond acceptors (Lipinski definition) is 5. The minimum atomic E-state index is -5.56. The molecule has 0 bridgehead atoms. The summed E-state index contributed by atoms with van der Waals surface area (Å²) in [6.07, 6.45) is -0.679. The molecule has 0 aliphatic carbocycles. The van der Waals surface area contributed by atoms with Gasteiger partial charge in [-0.2, -0.15) is 21.6 Å². The maximum Gasteiger partial charge on any atom is 0.516 e. The number of anilines is 1. The number of nitrogens with one attached hydrogen (secondary N) is 2. The van der Waals surface area contributed by atoms with Gasteiger partial charge in [-0.05, 0) is 32.9 Å². The summed E-state index contributed by atoms with van der Waals surface area (Å²) in [5.41, 5.74) is -6.48. The largest absolute Gasteiger partial charge is 0.516 e. The number of alkyl halides is 3. The van der Waals surface area contributed by atoms with E-state index in [1.165, 1.54) is 22.9 Å². The van der Waals surface area contributed by atoms with E-state index in [1.54, 1.807) is 20.8 Å². The van der Waals surface area contributed by atoms with Crippen LogP contribution in [0.2, 0.25) is 0 Å². The molecule has 7 nitrogen and oxygen atoms in total. The molecule has 0 heterocycles. The Kier molecular flexibility index (Phi) is 6.52. The Labute approximate surface area is 143 Å². The summed E-state index contributed by atoms with van der Waals surface area (Å²) in [4.78, 5) is 11.4. The van der Waals surface area contributed by atoms with Gasteiger partial charge in [0.05, 0.1) is 12.2 Å². The van der Waals surface area contributed by atoms with E-state index >= 15 is 0 Å². The highest BCUT2D eigenvalue weighted by Gasteiger charge is 2.46. The average molecular weight is 384 g/mol. The van der Waals surface area contributed by atoms with Crippen molar-refractivity contribution in [3.8, 4) is 5.75 Å². The van der Waals surface area contributed by atoms with Gasteiger partial charge < -0.3 is 14.8 Å². The summed E-state index contributed by atoms with van der Waals surface area (Å²) in [5, 5.41) is 2.40. The van der Waals surface area contributed by atoms with E-state index in [-0.39, 0.29) is 24.6 Å². The number of halogens is 3. The van der Waals surface area contributed by atoms with Crippen LogP contribution < -0.4 is 14.8 Å². The molecule has 2 N–H and O–H groups in total. The first kappa shape index (κ1) is 20.9. The fourth-order valence-electron chi connectivity index (χ4n) is 1.51. The smallest absolute Gasteiger partial charge is 0.490 e. The van der Waals surface area contributed by atoms with Gasteiger partial charge in [0.25, 0.3) is 0 Å². The van der Waals surface area contributed by atoms with Gasteiger partial charge in [0.1, 0.15) is 18.0 Å². The van der Waals surface area contributed by atoms with E-state index in [0.29, 0.717) is 0 Å². The predicted octanol–water partition coefficient (Wildman–Crippen LogP) is 2.85. The summed E-state index contributed by atoms with van der Waals surface area (Å²) < 4.78 is 71.2. The third-order valence-electron chi connectivity index (χ3n) is 2.46. The molecule has 0 aromatic heterocycles. The van der Waals surface area contributed by atoms with E-state index in [9.17, 15) is 26.4 Å². The van der Waals surface area contributed by atoms with Crippen molar-refractivity contribution in [3.63, 3.8) is 0 Å². The lowest BCUT2D eigenvalue weighted by Crippen LogP contribution is -2.34. The van der Waals surface area contributed by atoms with Gasteiger partial charge in [-0.3, -0.25) is 4.72 Å². The van der Waals surface area contributed by atoms with Crippen molar-refractivity contribution in [2.24, 2.45) is 0 Å². The molecular weight excluding hydrogens is 365 g/mol. The molecule has 142 valence electrons. The van der Waals surface area contributed by atoms with Crippen molar-refractivity contribution in [2.75, 3.05) is 17.9 Å². The Hall–Kier alpha value is -2.17. The standard InChI is InChI=1S/C14H19F3N2O5S/c1-13(2,3)24-12(20)18-8-9-23-11-7-5-4-6-10(11)19-25(21,22)14(15,16)17/h4-7,19H,8-9H2,1-3H3,(H,18,20). The molecule has 0 radical (unpaired) electrons. The summed E-state index contributed by atoms with van der Waals surface area (Å²) in [7, 11) is -5.56. The molecule has 1 aromatic carbocycles. The van der Waals surface area contributed by atoms with Crippen LogP contribution in [0.3, 0.4) is 0 Å². The van der Waals surface area contributed by atoms with Crippen LogP contribution in [0.15, 0.2) is 24.3 Å². The predicted molar refractivity (Wildman–Crippen MR) is 84.8 cm³/mol. The normalized spacial score (nSPS) is 12.4. The lowest BCUT2D eigenvalue weighted by molar-refractivity contribution is -0.0429. The first-order chi connectivity index (χ1) is 11.3. The first-order valence-corrected chi connectivity index (χ1v) is 8.58. The second-order valence-electron chi connectivity index (χ2n) is 5.82. The van der Waals surface area contributed by atoms with Crippen molar-refractivity contribution >= 4 is 21.8 Å². The molecule has 0 aliphatic heterocycles. The third kappa shape index (κ3) is 7.08. The number of rotatable bonds is 6. The van der Waals surface area contributed by atoms with Gasteiger partial charge in [0.2, 0.25) is 0 Å². The number of carbonyl (C=O) groups excluding carboxylic acids is 1. The lowest BCUT2D eigenvalue weighted by Gasteiger charge is -2.20. The molecule has 1 rings (SSSR count). The molecule has 1 aromatic rings. The van der Waals surface area contributed by atoms with Crippen molar-refractivity contribution in [2.45, 2.75) is 31.9 Å². The Morgan fingerprint density at radius 2 is 1.76 bits per heavy atom. The van der Waals surface area contributed by atoms with Gasteiger partial charge in [0, 0.05) is 0 Å². The topological polar surface area (TPSA) is 93.7 Å². The van der Waals surface area contributed by atoms with Gasteiger partial charge in [-0.1, -0.05) is 12.1 Å². The van der Waals surface area contributed by atoms with Gasteiger partial charge in [-0.25, -0.2) is 4.79 Å². The number of sulfonamides is 1. The number of para-hydroxylation sites is 2. The van der Waals surface area contributed by atoms with Gasteiger partial charge in [-0.15, -0.1) is 0 Å². The Bertz CT molecular complexity index is 699. The molecule has 0 aliphatic rings. The summed E-state index contributed by atoms with van der Waals surface area (Å²) in [6.45, 7) is 4.96.